The molecule has 1 heterocycles. The van der Waals surface area contributed by atoms with E-state index in [0.29, 0.717) is 37.6 Å². The van der Waals surface area contributed by atoms with Crippen molar-refractivity contribution in [3.8, 4) is 5.75 Å². The summed E-state index contributed by atoms with van der Waals surface area (Å²) < 4.78 is 7.30. The Morgan fingerprint density at radius 1 is 1.05 bits per heavy atom. The molecule has 6 nitrogen and oxygen atoms in total. The Morgan fingerprint density at radius 3 is 2.41 bits per heavy atom. The van der Waals surface area contributed by atoms with E-state index in [1.54, 1.807) is 30.3 Å². The van der Waals surface area contributed by atoms with Gasteiger partial charge in [-0.05, 0) is 116 Å². The number of rotatable bonds is 7. The molecule has 0 spiro atoms. The lowest BCUT2D eigenvalue weighted by Gasteiger charge is -2.14. The zero-order chi connectivity index (χ0) is 26.7. The van der Waals surface area contributed by atoms with Gasteiger partial charge in [0.25, 0.3) is 11.1 Å². The molecule has 0 saturated carbocycles. The minimum atomic E-state index is -0.513. The minimum absolute atomic E-state index is 0.234. The van der Waals surface area contributed by atoms with Crippen molar-refractivity contribution in [1.29, 1.82) is 0 Å². The van der Waals surface area contributed by atoms with Crippen LogP contribution in [0.15, 0.2) is 68.4 Å². The fraction of sp³-hybridized carbons (Fsp3) is 0.148. The highest BCUT2D eigenvalue weighted by molar-refractivity contribution is 9.11. The summed E-state index contributed by atoms with van der Waals surface area (Å²) in [6.07, 6.45) is 1.62. The fourth-order valence-corrected chi connectivity index (χ4v) is 5.94. The second-order valence-electron chi connectivity index (χ2n) is 8.36. The number of thioether (sulfide) groups is 1. The van der Waals surface area contributed by atoms with Crippen LogP contribution in [0.25, 0.3) is 6.08 Å². The zero-order valence-corrected chi connectivity index (χ0v) is 24.6. The maximum atomic E-state index is 12.9. The highest BCUT2D eigenvalue weighted by Gasteiger charge is 2.36. The van der Waals surface area contributed by atoms with Gasteiger partial charge in [0.05, 0.1) is 13.9 Å². The molecule has 1 aliphatic heterocycles. The summed E-state index contributed by atoms with van der Waals surface area (Å²) in [6.45, 7) is 3.78. The first-order valence-electron chi connectivity index (χ1n) is 11.1. The monoisotopic (exact) mass is 662 g/mol. The number of carbonyl (C=O) groups is 3. The molecule has 3 aromatic carbocycles. The van der Waals surface area contributed by atoms with Crippen LogP contribution in [0.1, 0.15) is 22.3 Å². The molecule has 3 amide bonds. The lowest BCUT2D eigenvalue weighted by Crippen LogP contribution is -2.36. The molecule has 1 aliphatic rings. The quantitative estimate of drug-likeness (QED) is 0.262. The number of nitrogens with one attached hydrogen (secondary N) is 1. The lowest BCUT2D eigenvalue weighted by atomic mass is 10.1. The van der Waals surface area contributed by atoms with E-state index in [9.17, 15) is 14.4 Å². The van der Waals surface area contributed by atoms with Crippen molar-refractivity contribution in [2.24, 2.45) is 0 Å². The normalized spacial score (nSPS) is 14.4. The van der Waals surface area contributed by atoms with Gasteiger partial charge in [0.15, 0.2) is 0 Å². The highest BCUT2D eigenvalue weighted by atomic mass is 79.9. The van der Waals surface area contributed by atoms with Crippen molar-refractivity contribution in [3.63, 3.8) is 0 Å². The number of aryl methyl sites for hydroxylation is 2. The topological polar surface area (TPSA) is 75.7 Å². The van der Waals surface area contributed by atoms with Crippen LogP contribution in [0.2, 0.25) is 5.02 Å². The Balaban J connectivity index is 1.44. The second-order valence-corrected chi connectivity index (χ2v) is 11.5. The smallest absolute Gasteiger partial charge is 0.294 e. The molecule has 1 N–H and O–H groups in total. The molecule has 0 bridgehead atoms. The van der Waals surface area contributed by atoms with E-state index in [4.69, 9.17) is 16.3 Å². The Kier molecular flexibility index (Phi) is 8.79. The van der Waals surface area contributed by atoms with Gasteiger partial charge in [-0.25, -0.2) is 0 Å². The van der Waals surface area contributed by atoms with Crippen molar-refractivity contribution in [1.82, 2.24) is 4.90 Å². The number of benzene rings is 3. The van der Waals surface area contributed by atoms with Gasteiger partial charge in [0.2, 0.25) is 5.91 Å². The van der Waals surface area contributed by atoms with Crippen LogP contribution in [0, 0.1) is 13.8 Å². The van der Waals surface area contributed by atoms with Gasteiger partial charge in [-0.3, -0.25) is 19.3 Å². The van der Waals surface area contributed by atoms with E-state index < -0.39 is 17.1 Å². The van der Waals surface area contributed by atoms with E-state index in [2.05, 4.69) is 37.2 Å². The molecule has 10 heteroatoms. The summed E-state index contributed by atoms with van der Waals surface area (Å²) >= 11 is 13.8. The maximum absolute atomic E-state index is 12.9. The second kappa shape index (κ2) is 11.9. The average Bonchev–Trinajstić information content (AvgIpc) is 3.09. The first kappa shape index (κ1) is 27.4. The van der Waals surface area contributed by atoms with Gasteiger partial charge in [-0.1, -0.05) is 35.9 Å². The maximum Gasteiger partial charge on any atom is 0.294 e. The summed E-state index contributed by atoms with van der Waals surface area (Å²) in [5.41, 5.74) is 4.18. The van der Waals surface area contributed by atoms with Crippen LogP contribution < -0.4 is 10.1 Å². The Morgan fingerprint density at radius 2 is 1.73 bits per heavy atom. The summed E-state index contributed by atoms with van der Waals surface area (Å²) in [5, 5.41) is 2.95. The number of halogens is 3. The van der Waals surface area contributed by atoms with Crippen LogP contribution in [-0.4, -0.2) is 28.5 Å². The number of ether oxygens (including phenoxy) is 1. The van der Waals surface area contributed by atoms with Crippen molar-refractivity contribution in [2.75, 3.05) is 11.9 Å². The van der Waals surface area contributed by atoms with E-state index in [1.165, 1.54) is 0 Å². The van der Waals surface area contributed by atoms with Crippen molar-refractivity contribution >= 4 is 84.0 Å². The number of hydrogen-bond donors (Lipinski definition) is 1. The molecule has 0 aliphatic carbocycles. The average molecular weight is 665 g/mol. The molecule has 1 saturated heterocycles. The summed E-state index contributed by atoms with van der Waals surface area (Å²) in [7, 11) is 0. The molecule has 0 atom stereocenters. The van der Waals surface area contributed by atoms with Gasteiger partial charge in [-0.2, -0.15) is 0 Å². The SMILES string of the molecule is Cc1ccc(C)c(NC(=O)CN2C(=O)S/C(=C/c3cc(Br)c(OCc4ccc(Cl)cc4)c(Br)c3)C2=O)c1. The van der Waals surface area contributed by atoms with Crippen molar-refractivity contribution in [3.05, 3.63) is 95.7 Å². The fourth-order valence-electron chi connectivity index (χ4n) is 3.53. The third kappa shape index (κ3) is 6.84. The molecule has 3 aromatic rings. The van der Waals surface area contributed by atoms with Crippen LogP contribution >= 0.6 is 55.2 Å². The van der Waals surface area contributed by atoms with Gasteiger partial charge < -0.3 is 10.1 Å². The molecule has 4 rings (SSSR count). The number of hydrogen-bond acceptors (Lipinski definition) is 5. The number of anilines is 1. The number of carbonyl (C=O) groups excluding carboxylic acids is 3. The van der Waals surface area contributed by atoms with E-state index in [-0.39, 0.29) is 11.4 Å². The van der Waals surface area contributed by atoms with Gasteiger partial charge in [-0.15, -0.1) is 0 Å². The van der Waals surface area contributed by atoms with Gasteiger partial charge in [0.1, 0.15) is 18.9 Å². The molecule has 0 unspecified atom stereocenters. The van der Waals surface area contributed by atoms with Crippen LogP contribution in [-0.2, 0) is 16.2 Å². The molecule has 1 fully saturated rings. The van der Waals surface area contributed by atoms with Crippen molar-refractivity contribution < 1.29 is 19.1 Å². The Labute approximate surface area is 240 Å². The molecular weight excluding hydrogens is 644 g/mol. The summed E-state index contributed by atoms with van der Waals surface area (Å²) in [5.74, 6) is -0.352. The van der Waals surface area contributed by atoms with Crippen LogP contribution in [0.3, 0.4) is 0 Å². The molecule has 0 radical (unpaired) electrons. The third-order valence-corrected chi connectivity index (χ3v) is 7.79. The lowest BCUT2D eigenvalue weighted by molar-refractivity contribution is -0.127. The predicted molar refractivity (Wildman–Crippen MR) is 155 cm³/mol. The van der Waals surface area contributed by atoms with E-state index in [1.807, 2.05) is 44.2 Å². The van der Waals surface area contributed by atoms with Crippen molar-refractivity contribution in [2.45, 2.75) is 20.5 Å². The third-order valence-electron chi connectivity index (χ3n) is 5.46. The van der Waals surface area contributed by atoms with E-state index in [0.717, 1.165) is 33.4 Å². The molecule has 37 heavy (non-hydrogen) atoms. The Bertz CT molecular complexity index is 1400. The minimum Gasteiger partial charge on any atom is -0.487 e. The van der Waals surface area contributed by atoms with Gasteiger partial charge in [0, 0.05) is 10.7 Å². The number of amides is 3. The highest BCUT2D eigenvalue weighted by Crippen LogP contribution is 2.38. The largest absolute Gasteiger partial charge is 0.487 e. The zero-order valence-electron chi connectivity index (χ0n) is 19.8. The Hall–Kier alpha value is -2.59. The number of imide groups is 1. The molecule has 0 aromatic heterocycles. The number of nitrogens with zero attached hydrogens (tertiary/aromatic N) is 1. The molecular formula is C27H21Br2ClN2O4S. The first-order chi connectivity index (χ1) is 17.6. The first-order valence-corrected chi connectivity index (χ1v) is 13.9. The standard InChI is InChI=1S/C27H21Br2ClN2O4S/c1-15-3-4-16(2)22(9-15)31-24(33)13-32-26(34)23(37-27(32)35)12-18-10-20(28)25(21(29)11-18)36-14-17-5-7-19(30)8-6-17/h3-12H,13-14H2,1-2H3,(H,31,33)/b23-12+. The van der Waals surface area contributed by atoms with Gasteiger partial charge >= 0.3 is 0 Å². The van der Waals surface area contributed by atoms with E-state index >= 15 is 0 Å². The van der Waals surface area contributed by atoms with Crippen LogP contribution in [0.5, 0.6) is 5.75 Å². The summed E-state index contributed by atoms with van der Waals surface area (Å²) in [6, 6.07) is 16.7. The summed E-state index contributed by atoms with van der Waals surface area (Å²) in [4.78, 5) is 39.2. The molecule has 190 valence electrons. The van der Waals surface area contributed by atoms with Crippen LogP contribution in [0.4, 0.5) is 10.5 Å². The predicted octanol–water partition coefficient (Wildman–Crippen LogP) is 7.74.